The first-order valence-corrected chi connectivity index (χ1v) is 10.2. The zero-order chi connectivity index (χ0) is 19.3. The first-order chi connectivity index (χ1) is 12.7. The molecule has 1 N–H and O–H groups in total. The average molecular weight is 384 g/mol. The third-order valence-electron chi connectivity index (χ3n) is 4.77. The van der Waals surface area contributed by atoms with E-state index in [-0.39, 0.29) is 11.4 Å². The molecular formula is C20H25N5OS. The maximum absolute atomic E-state index is 13.0. The van der Waals surface area contributed by atoms with Crippen molar-refractivity contribution in [2.45, 2.75) is 65.5 Å². The van der Waals surface area contributed by atoms with Crippen LogP contribution in [0.5, 0.6) is 0 Å². The Morgan fingerprint density at radius 2 is 2.04 bits per heavy atom. The monoisotopic (exact) mass is 383 g/mol. The van der Waals surface area contributed by atoms with Gasteiger partial charge in [0.1, 0.15) is 5.01 Å². The van der Waals surface area contributed by atoms with Crippen molar-refractivity contribution in [3.63, 3.8) is 0 Å². The molecule has 6 nitrogen and oxygen atoms in total. The summed E-state index contributed by atoms with van der Waals surface area (Å²) >= 11 is 1.56. The van der Waals surface area contributed by atoms with Gasteiger partial charge in [0.2, 0.25) is 0 Å². The van der Waals surface area contributed by atoms with Crippen molar-refractivity contribution in [1.29, 1.82) is 0 Å². The van der Waals surface area contributed by atoms with Crippen LogP contribution in [-0.4, -0.2) is 25.7 Å². The van der Waals surface area contributed by atoms with Gasteiger partial charge in [-0.2, -0.15) is 5.10 Å². The van der Waals surface area contributed by atoms with Crippen LogP contribution in [0.4, 0.5) is 0 Å². The Bertz CT molecular complexity index is 1020. The van der Waals surface area contributed by atoms with Crippen LogP contribution in [0.1, 0.15) is 72.0 Å². The van der Waals surface area contributed by atoms with Crippen LogP contribution in [0, 0.1) is 13.8 Å². The number of amides is 1. The number of carbonyl (C=O) groups excluding carboxylic acids is 1. The Balaban J connectivity index is 1.76. The van der Waals surface area contributed by atoms with Gasteiger partial charge in [0.25, 0.3) is 5.91 Å². The Kier molecular flexibility index (Phi) is 4.29. The van der Waals surface area contributed by atoms with Crippen LogP contribution in [0.25, 0.3) is 11.0 Å². The molecule has 0 unspecified atom stereocenters. The molecule has 3 aromatic rings. The molecule has 3 aromatic heterocycles. The van der Waals surface area contributed by atoms with Gasteiger partial charge in [0.05, 0.1) is 28.7 Å². The van der Waals surface area contributed by atoms with E-state index < -0.39 is 0 Å². The smallest absolute Gasteiger partial charge is 0.252 e. The van der Waals surface area contributed by atoms with Crippen LogP contribution in [0.2, 0.25) is 0 Å². The van der Waals surface area contributed by atoms with E-state index in [4.69, 9.17) is 10.1 Å². The van der Waals surface area contributed by atoms with E-state index in [1.165, 1.54) is 0 Å². The summed E-state index contributed by atoms with van der Waals surface area (Å²) in [4.78, 5) is 22.4. The lowest BCUT2D eigenvalue weighted by Gasteiger charge is -2.20. The van der Waals surface area contributed by atoms with Crippen LogP contribution in [0.15, 0.2) is 11.4 Å². The summed E-state index contributed by atoms with van der Waals surface area (Å²) in [6, 6.07) is 1.96. The third-order valence-corrected chi connectivity index (χ3v) is 5.74. The summed E-state index contributed by atoms with van der Waals surface area (Å²) in [5.41, 5.74) is 4.10. The quantitative estimate of drug-likeness (QED) is 0.737. The second kappa shape index (κ2) is 6.41. The van der Waals surface area contributed by atoms with Crippen LogP contribution in [-0.2, 0) is 12.1 Å². The van der Waals surface area contributed by atoms with Gasteiger partial charge >= 0.3 is 0 Å². The molecule has 4 rings (SSSR count). The minimum atomic E-state index is -0.201. The van der Waals surface area contributed by atoms with E-state index in [1.54, 1.807) is 11.3 Å². The van der Waals surface area contributed by atoms with E-state index in [0.29, 0.717) is 18.0 Å². The summed E-state index contributed by atoms with van der Waals surface area (Å²) in [5, 5.41) is 11.5. The number of pyridine rings is 1. The van der Waals surface area contributed by atoms with Crippen molar-refractivity contribution in [2.24, 2.45) is 0 Å². The molecule has 27 heavy (non-hydrogen) atoms. The summed E-state index contributed by atoms with van der Waals surface area (Å²) < 4.78 is 1.95. The molecule has 142 valence electrons. The average Bonchev–Trinajstić information content (AvgIpc) is 3.28. The predicted molar refractivity (Wildman–Crippen MR) is 107 cm³/mol. The van der Waals surface area contributed by atoms with E-state index in [9.17, 15) is 4.79 Å². The van der Waals surface area contributed by atoms with E-state index in [1.807, 2.05) is 30.0 Å². The molecule has 1 fully saturated rings. The highest BCUT2D eigenvalue weighted by Crippen LogP contribution is 2.41. The van der Waals surface area contributed by atoms with Gasteiger partial charge in [-0.05, 0) is 53.5 Å². The lowest BCUT2D eigenvalue weighted by Crippen LogP contribution is -2.25. The van der Waals surface area contributed by atoms with Crippen molar-refractivity contribution in [2.75, 3.05) is 0 Å². The van der Waals surface area contributed by atoms with Crippen molar-refractivity contribution in [3.8, 4) is 0 Å². The number of hydrogen-bond acceptors (Lipinski definition) is 5. The second-order valence-electron chi connectivity index (χ2n) is 8.30. The molecule has 1 aliphatic rings. The largest absolute Gasteiger partial charge is 0.346 e. The molecule has 1 amide bonds. The summed E-state index contributed by atoms with van der Waals surface area (Å²) in [7, 11) is 0. The Morgan fingerprint density at radius 3 is 2.63 bits per heavy atom. The normalized spacial score (nSPS) is 14.7. The highest BCUT2D eigenvalue weighted by atomic mass is 32.1. The van der Waals surface area contributed by atoms with Crippen molar-refractivity contribution in [3.05, 3.63) is 39.1 Å². The zero-order valence-electron chi connectivity index (χ0n) is 16.5. The number of fused-ring (bicyclic) bond motifs is 1. The van der Waals surface area contributed by atoms with Gasteiger partial charge in [-0.3, -0.25) is 4.79 Å². The number of rotatable bonds is 4. The number of nitrogens with zero attached hydrogens (tertiary/aromatic N) is 4. The molecule has 3 heterocycles. The number of thiazole rings is 1. The number of hydrogen-bond donors (Lipinski definition) is 1. The number of nitrogens with one attached hydrogen (secondary N) is 1. The van der Waals surface area contributed by atoms with Crippen molar-refractivity contribution < 1.29 is 4.79 Å². The molecule has 0 bridgehead atoms. The zero-order valence-corrected chi connectivity index (χ0v) is 17.3. The maximum Gasteiger partial charge on any atom is 0.252 e. The fourth-order valence-corrected chi connectivity index (χ4v) is 3.99. The van der Waals surface area contributed by atoms with Crippen molar-refractivity contribution >= 4 is 28.3 Å². The van der Waals surface area contributed by atoms with E-state index in [2.05, 4.69) is 31.1 Å². The lowest BCUT2D eigenvalue weighted by atomic mass is 10.1. The Morgan fingerprint density at radius 1 is 1.30 bits per heavy atom. The Labute approximate surface area is 163 Å². The van der Waals surface area contributed by atoms with Crippen molar-refractivity contribution in [1.82, 2.24) is 25.1 Å². The molecular weight excluding hydrogens is 358 g/mol. The van der Waals surface area contributed by atoms with Gasteiger partial charge in [-0.15, -0.1) is 11.3 Å². The SMILES string of the molecule is Cc1csc(CNC(=O)c2cc(C3CC3)nc3c2c(C)nn3C(C)(C)C)n1. The molecule has 7 heteroatoms. The highest BCUT2D eigenvalue weighted by Gasteiger charge is 2.30. The summed E-state index contributed by atoms with van der Waals surface area (Å²) in [5.74, 6) is 0.375. The van der Waals surface area contributed by atoms with Crippen LogP contribution < -0.4 is 5.32 Å². The van der Waals surface area contributed by atoms with E-state index in [0.717, 1.165) is 46.0 Å². The molecule has 1 aliphatic carbocycles. The molecule has 0 aromatic carbocycles. The number of carbonyl (C=O) groups is 1. The van der Waals surface area contributed by atoms with Gasteiger partial charge in [0.15, 0.2) is 5.65 Å². The summed E-state index contributed by atoms with van der Waals surface area (Å²) in [6.45, 7) is 10.7. The topological polar surface area (TPSA) is 72.7 Å². The molecule has 0 radical (unpaired) electrons. The summed E-state index contributed by atoms with van der Waals surface area (Å²) in [6.07, 6.45) is 2.28. The Hall–Kier alpha value is -2.28. The highest BCUT2D eigenvalue weighted by molar-refractivity contribution is 7.09. The fraction of sp³-hybridized carbons (Fsp3) is 0.500. The first-order valence-electron chi connectivity index (χ1n) is 9.34. The van der Waals surface area contributed by atoms with E-state index >= 15 is 0 Å². The minimum absolute atomic E-state index is 0.0892. The molecule has 0 aliphatic heterocycles. The fourth-order valence-electron chi connectivity index (χ4n) is 3.28. The minimum Gasteiger partial charge on any atom is -0.346 e. The van der Waals surface area contributed by atoms with Crippen LogP contribution in [0.3, 0.4) is 0 Å². The lowest BCUT2D eigenvalue weighted by molar-refractivity contribution is 0.0952. The number of aromatic nitrogens is 4. The third kappa shape index (κ3) is 3.48. The second-order valence-corrected chi connectivity index (χ2v) is 9.24. The standard InChI is InChI=1S/C20H25N5OS/c1-11-10-27-16(22-11)9-21-19(26)14-8-15(13-6-7-13)23-18-17(14)12(2)24-25(18)20(3,4)5/h8,10,13H,6-7,9H2,1-5H3,(H,21,26). The predicted octanol–water partition coefficient (Wildman–Crippen LogP) is 4.07. The molecule has 0 spiro atoms. The van der Waals surface area contributed by atoms with Gasteiger partial charge in [-0.1, -0.05) is 0 Å². The molecule has 0 atom stereocenters. The molecule has 1 saturated carbocycles. The number of aryl methyl sites for hydroxylation is 2. The van der Waals surface area contributed by atoms with Gasteiger partial charge < -0.3 is 5.32 Å². The maximum atomic E-state index is 13.0. The first kappa shape index (κ1) is 18.1. The molecule has 0 saturated heterocycles. The van der Waals surface area contributed by atoms with Gasteiger partial charge in [-0.25, -0.2) is 14.6 Å². The van der Waals surface area contributed by atoms with Crippen LogP contribution >= 0.6 is 11.3 Å². The van der Waals surface area contributed by atoms with Gasteiger partial charge in [0, 0.05) is 22.7 Å².